The number of aryl methyl sites for hydroxylation is 2. The molecule has 3 nitrogen and oxygen atoms in total. The van der Waals surface area contributed by atoms with Crippen LogP contribution in [0.3, 0.4) is 0 Å². The Kier molecular flexibility index (Phi) is 6.78. The molecule has 0 atom stereocenters. The number of nitrogens with zero attached hydrogens (tertiary/aromatic N) is 1. The first-order chi connectivity index (χ1) is 16.2. The van der Waals surface area contributed by atoms with E-state index in [1.807, 2.05) is 18.2 Å². The predicted octanol–water partition coefficient (Wildman–Crippen LogP) is 7.47. The van der Waals surface area contributed by atoms with Crippen LogP contribution in [0.4, 0.5) is 0 Å². The summed E-state index contributed by atoms with van der Waals surface area (Å²) in [7, 11) is 0. The SMILES string of the molecule is Cc1ccc(Oc2ccc3[nH]cc(CCCCN4CCC(c5ccccc5)CC4)c3c2)cc1. The summed E-state index contributed by atoms with van der Waals surface area (Å²) < 4.78 is 6.09. The zero-order valence-corrected chi connectivity index (χ0v) is 19.6. The van der Waals surface area contributed by atoms with Gasteiger partial charge in [0.2, 0.25) is 0 Å². The average Bonchev–Trinajstić information content (AvgIpc) is 3.26. The number of nitrogens with one attached hydrogen (secondary N) is 1. The van der Waals surface area contributed by atoms with Gasteiger partial charge in [-0.15, -0.1) is 0 Å². The van der Waals surface area contributed by atoms with E-state index in [4.69, 9.17) is 4.74 Å². The smallest absolute Gasteiger partial charge is 0.128 e. The van der Waals surface area contributed by atoms with Crippen LogP contribution in [-0.4, -0.2) is 29.5 Å². The third kappa shape index (κ3) is 5.48. The molecule has 4 aromatic rings. The van der Waals surface area contributed by atoms with Crippen LogP contribution in [0, 0.1) is 6.92 Å². The molecule has 1 aliphatic rings. The van der Waals surface area contributed by atoms with Crippen LogP contribution in [0.2, 0.25) is 0 Å². The van der Waals surface area contributed by atoms with Crippen molar-refractivity contribution in [2.24, 2.45) is 0 Å². The number of aromatic amines is 1. The molecule has 1 aliphatic heterocycles. The molecule has 3 aromatic carbocycles. The van der Waals surface area contributed by atoms with Crippen molar-refractivity contribution in [3.05, 3.63) is 95.7 Å². The highest BCUT2D eigenvalue weighted by atomic mass is 16.5. The number of rotatable bonds is 8. The van der Waals surface area contributed by atoms with E-state index in [0.717, 1.165) is 23.8 Å². The van der Waals surface area contributed by atoms with Crippen LogP contribution in [0.5, 0.6) is 11.5 Å². The van der Waals surface area contributed by atoms with E-state index < -0.39 is 0 Å². The number of ether oxygens (including phenoxy) is 1. The van der Waals surface area contributed by atoms with Gasteiger partial charge in [-0.3, -0.25) is 0 Å². The minimum atomic E-state index is 0.741. The maximum atomic E-state index is 6.09. The van der Waals surface area contributed by atoms with Gasteiger partial charge >= 0.3 is 0 Å². The lowest BCUT2D eigenvalue weighted by molar-refractivity contribution is 0.209. The average molecular weight is 439 g/mol. The largest absolute Gasteiger partial charge is 0.457 e. The van der Waals surface area contributed by atoms with Crippen molar-refractivity contribution in [3.63, 3.8) is 0 Å². The standard InChI is InChI=1S/C30H34N2O/c1-23-10-12-27(13-11-23)33-28-14-15-30-29(21-28)26(22-31-30)9-5-6-18-32-19-16-25(17-20-32)24-7-3-2-4-8-24/h2-4,7-8,10-15,21-22,25,31H,5-6,9,16-20H2,1H3. The molecule has 1 fully saturated rings. The Bertz CT molecular complexity index is 1160. The second-order valence-electron chi connectivity index (χ2n) is 9.42. The Morgan fingerprint density at radius 2 is 1.64 bits per heavy atom. The van der Waals surface area contributed by atoms with Gasteiger partial charge in [0.1, 0.15) is 11.5 Å². The first-order valence-corrected chi connectivity index (χ1v) is 12.4. The Balaban J connectivity index is 1.11. The summed E-state index contributed by atoms with van der Waals surface area (Å²) in [6.45, 7) is 5.76. The molecule has 0 unspecified atom stereocenters. The third-order valence-electron chi connectivity index (χ3n) is 7.02. The highest BCUT2D eigenvalue weighted by Crippen LogP contribution is 2.29. The van der Waals surface area contributed by atoms with Gasteiger partial charge < -0.3 is 14.6 Å². The number of H-pyrrole nitrogens is 1. The number of fused-ring (bicyclic) bond motifs is 1. The molecule has 1 saturated heterocycles. The van der Waals surface area contributed by atoms with Gasteiger partial charge in [0, 0.05) is 17.1 Å². The normalized spacial score (nSPS) is 15.2. The number of benzene rings is 3. The van der Waals surface area contributed by atoms with Crippen molar-refractivity contribution in [2.75, 3.05) is 19.6 Å². The molecule has 170 valence electrons. The Morgan fingerprint density at radius 3 is 2.42 bits per heavy atom. The number of hydrogen-bond acceptors (Lipinski definition) is 2. The number of piperidine rings is 1. The number of hydrogen-bond donors (Lipinski definition) is 1. The lowest BCUT2D eigenvalue weighted by atomic mass is 9.89. The van der Waals surface area contributed by atoms with Crippen LogP contribution in [0.25, 0.3) is 10.9 Å². The minimum absolute atomic E-state index is 0.741. The van der Waals surface area contributed by atoms with Crippen molar-refractivity contribution < 1.29 is 4.74 Å². The van der Waals surface area contributed by atoms with Crippen molar-refractivity contribution in [2.45, 2.75) is 44.9 Å². The molecule has 0 spiro atoms. The van der Waals surface area contributed by atoms with Crippen molar-refractivity contribution in [1.82, 2.24) is 9.88 Å². The van der Waals surface area contributed by atoms with E-state index in [-0.39, 0.29) is 0 Å². The summed E-state index contributed by atoms with van der Waals surface area (Å²) in [5.41, 5.74) is 5.33. The summed E-state index contributed by atoms with van der Waals surface area (Å²) in [4.78, 5) is 6.09. The van der Waals surface area contributed by atoms with Crippen LogP contribution in [0.1, 0.15) is 48.3 Å². The summed E-state index contributed by atoms with van der Waals surface area (Å²) >= 11 is 0. The number of likely N-dealkylation sites (tertiary alicyclic amines) is 1. The maximum Gasteiger partial charge on any atom is 0.128 e. The third-order valence-corrected chi connectivity index (χ3v) is 7.02. The van der Waals surface area contributed by atoms with Gasteiger partial charge in [0.05, 0.1) is 0 Å². The van der Waals surface area contributed by atoms with Crippen LogP contribution in [-0.2, 0) is 6.42 Å². The van der Waals surface area contributed by atoms with E-state index in [0.29, 0.717) is 0 Å². The van der Waals surface area contributed by atoms with Crippen molar-refractivity contribution >= 4 is 10.9 Å². The molecular formula is C30H34N2O. The van der Waals surface area contributed by atoms with Gasteiger partial charge in [-0.1, -0.05) is 48.0 Å². The minimum Gasteiger partial charge on any atom is -0.457 e. The lowest BCUT2D eigenvalue weighted by Crippen LogP contribution is -2.33. The van der Waals surface area contributed by atoms with Gasteiger partial charge in [-0.2, -0.15) is 0 Å². The molecule has 0 radical (unpaired) electrons. The molecule has 0 aliphatic carbocycles. The fourth-order valence-corrected chi connectivity index (χ4v) is 5.04. The number of unbranched alkanes of at least 4 members (excludes halogenated alkanes) is 1. The van der Waals surface area contributed by atoms with E-state index in [1.165, 1.54) is 72.9 Å². The predicted molar refractivity (Wildman–Crippen MR) is 137 cm³/mol. The monoisotopic (exact) mass is 438 g/mol. The summed E-state index contributed by atoms with van der Waals surface area (Å²) in [6, 6.07) is 25.6. The fourth-order valence-electron chi connectivity index (χ4n) is 5.04. The van der Waals surface area contributed by atoms with Gasteiger partial charge in [-0.25, -0.2) is 0 Å². The first-order valence-electron chi connectivity index (χ1n) is 12.4. The van der Waals surface area contributed by atoms with Gasteiger partial charge in [-0.05, 0) is 106 Å². The Morgan fingerprint density at radius 1 is 0.879 bits per heavy atom. The van der Waals surface area contributed by atoms with Crippen LogP contribution >= 0.6 is 0 Å². The van der Waals surface area contributed by atoms with E-state index >= 15 is 0 Å². The molecule has 3 heteroatoms. The first kappa shape index (κ1) is 21.8. The van der Waals surface area contributed by atoms with Gasteiger partial charge in [0.15, 0.2) is 0 Å². The maximum absolute atomic E-state index is 6.09. The molecule has 2 heterocycles. The van der Waals surface area contributed by atoms with Crippen LogP contribution in [0.15, 0.2) is 79.0 Å². The second kappa shape index (κ2) is 10.3. The molecule has 5 rings (SSSR count). The highest BCUT2D eigenvalue weighted by molar-refractivity contribution is 5.84. The summed E-state index contributed by atoms with van der Waals surface area (Å²) in [6.07, 6.45) is 8.32. The zero-order chi connectivity index (χ0) is 22.5. The van der Waals surface area contributed by atoms with Gasteiger partial charge in [0.25, 0.3) is 0 Å². The quantitative estimate of drug-likeness (QED) is 0.289. The second-order valence-corrected chi connectivity index (χ2v) is 9.42. The van der Waals surface area contributed by atoms with E-state index in [1.54, 1.807) is 0 Å². The topological polar surface area (TPSA) is 28.3 Å². The Hall–Kier alpha value is -3.04. The van der Waals surface area contributed by atoms with E-state index in [9.17, 15) is 0 Å². The molecule has 0 saturated carbocycles. The molecule has 1 N–H and O–H groups in total. The zero-order valence-electron chi connectivity index (χ0n) is 19.6. The van der Waals surface area contributed by atoms with Crippen LogP contribution < -0.4 is 4.74 Å². The molecule has 33 heavy (non-hydrogen) atoms. The van der Waals surface area contributed by atoms with E-state index in [2.05, 4.69) is 77.6 Å². The molecule has 0 amide bonds. The summed E-state index contributed by atoms with van der Waals surface area (Å²) in [5, 5.41) is 1.28. The van der Waals surface area contributed by atoms with Crippen molar-refractivity contribution in [3.8, 4) is 11.5 Å². The Labute approximate surface area is 197 Å². The fraction of sp³-hybridized carbons (Fsp3) is 0.333. The number of aromatic nitrogens is 1. The van der Waals surface area contributed by atoms with Crippen molar-refractivity contribution in [1.29, 1.82) is 0 Å². The summed E-state index contributed by atoms with van der Waals surface area (Å²) in [5.74, 6) is 2.52. The molecular weight excluding hydrogens is 404 g/mol. The highest BCUT2D eigenvalue weighted by Gasteiger charge is 2.19. The molecule has 0 bridgehead atoms. The lowest BCUT2D eigenvalue weighted by Gasteiger charge is -2.32. The molecule has 1 aromatic heterocycles.